The molecule has 2 aromatic carbocycles. The smallest absolute Gasteiger partial charge is 0.159 e. The highest BCUT2D eigenvalue weighted by Gasteiger charge is 2.16. The number of imidazole rings is 1. The number of aromatic amines is 2. The molecular weight excluding hydrogens is 484 g/mol. The molecule has 5 aromatic heterocycles. The fraction of sp³-hybridized carbons (Fsp3) is 0.0645. The van der Waals surface area contributed by atoms with Crippen LogP contribution in [0.15, 0.2) is 104 Å². The van der Waals surface area contributed by atoms with Gasteiger partial charge in [0.1, 0.15) is 5.69 Å². The highest BCUT2D eigenvalue weighted by atomic mass is 15.1. The van der Waals surface area contributed by atoms with Crippen molar-refractivity contribution in [1.82, 2.24) is 40.4 Å². The van der Waals surface area contributed by atoms with Gasteiger partial charge in [-0.2, -0.15) is 5.10 Å². The summed E-state index contributed by atoms with van der Waals surface area (Å²) in [6, 6.07) is 26.5. The zero-order valence-electron chi connectivity index (χ0n) is 21.0. The number of aromatic nitrogens is 7. The molecule has 0 aliphatic rings. The van der Waals surface area contributed by atoms with Crippen molar-refractivity contribution >= 4 is 21.9 Å². The van der Waals surface area contributed by atoms with Crippen LogP contribution in [0.2, 0.25) is 0 Å². The number of nitrogens with zero attached hydrogens (tertiary/aromatic N) is 5. The molecule has 7 aromatic rings. The highest BCUT2D eigenvalue weighted by molar-refractivity contribution is 5.97. The van der Waals surface area contributed by atoms with Crippen molar-refractivity contribution in [3.63, 3.8) is 0 Å². The van der Waals surface area contributed by atoms with Crippen LogP contribution in [0.4, 0.5) is 0 Å². The van der Waals surface area contributed by atoms with E-state index < -0.39 is 0 Å². The average Bonchev–Trinajstić information content (AvgIpc) is 3.62. The average molecular weight is 509 g/mol. The number of hydrogen-bond acceptors (Lipinski definition) is 6. The molecule has 0 aliphatic heterocycles. The SMILES string of the molecule is c1ccc(CNCc2cncc(-c3cc4c(-c5nc6c(-c7ccccn7)cccc6[nH]5)n[nH]c4cn3)c2)cc1. The molecule has 0 radical (unpaired) electrons. The predicted molar refractivity (Wildman–Crippen MR) is 152 cm³/mol. The van der Waals surface area contributed by atoms with E-state index >= 15 is 0 Å². The van der Waals surface area contributed by atoms with Crippen LogP contribution in [0.25, 0.3) is 56.0 Å². The van der Waals surface area contributed by atoms with E-state index in [9.17, 15) is 0 Å². The Bertz CT molecular complexity index is 1890. The third-order valence-electron chi connectivity index (χ3n) is 6.72. The van der Waals surface area contributed by atoms with Gasteiger partial charge in [0.15, 0.2) is 5.82 Å². The van der Waals surface area contributed by atoms with Crippen LogP contribution >= 0.6 is 0 Å². The lowest BCUT2D eigenvalue weighted by Crippen LogP contribution is -2.12. The Morgan fingerprint density at radius 1 is 0.718 bits per heavy atom. The molecule has 0 aliphatic carbocycles. The minimum Gasteiger partial charge on any atom is -0.337 e. The van der Waals surface area contributed by atoms with Crippen molar-refractivity contribution in [2.45, 2.75) is 13.1 Å². The van der Waals surface area contributed by atoms with Gasteiger partial charge in [-0.1, -0.05) is 48.5 Å². The molecule has 7 rings (SSSR count). The Labute approximate surface area is 224 Å². The first-order valence-corrected chi connectivity index (χ1v) is 12.8. The predicted octanol–water partition coefficient (Wildman–Crippen LogP) is 5.92. The van der Waals surface area contributed by atoms with Crippen molar-refractivity contribution in [1.29, 1.82) is 0 Å². The lowest BCUT2D eigenvalue weighted by atomic mass is 10.1. The number of para-hydroxylation sites is 1. The van der Waals surface area contributed by atoms with E-state index in [4.69, 9.17) is 4.98 Å². The van der Waals surface area contributed by atoms with E-state index in [1.165, 1.54) is 5.56 Å². The van der Waals surface area contributed by atoms with Gasteiger partial charge < -0.3 is 10.3 Å². The number of H-pyrrole nitrogens is 2. The molecular formula is C31H24N8. The zero-order chi connectivity index (χ0) is 26.0. The van der Waals surface area contributed by atoms with Crippen molar-refractivity contribution in [3.05, 3.63) is 115 Å². The van der Waals surface area contributed by atoms with E-state index in [1.807, 2.05) is 67.1 Å². The monoisotopic (exact) mass is 508 g/mol. The second-order valence-corrected chi connectivity index (χ2v) is 9.36. The molecule has 8 nitrogen and oxygen atoms in total. The summed E-state index contributed by atoms with van der Waals surface area (Å²) in [6.45, 7) is 1.51. The molecule has 0 fully saturated rings. The third-order valence-corrected chi connectivity index (χ3v) is 6.72. The van der Waals surface area contributed by atoms with Gasteiger partial charge in [-0.15, -0.1) is 0 Å². The van der Waals surface area contributed by atoms with Crippen LogP contribution in [0.5, 0.6) is 0 Å². The molecule has 5 heterocycles. The van der Waals surface area contributed by atoms with Gasteiger partial charge in [-0.3, -0.25) is 20.1 Å². The Hall–Kier alpha value is -5.21. The Morgan fingerprint density at radius 2 is 1.62 bits per heavy atom. The number of hydrogen-bond donors (Lipinski definition) is 3. The van der Waals surface area contributed by atoms with Crippen LogP contribution in [0.3, 0.4) is 0 Å². The van der Waals surface area contributed by atoms with Gasteiger partial charge in [0.2, 0.25) is 0 Å². The maximum atomic E-state index is 4.94. The molecule has 0 saturated carbocycles. The number of pyridine rings is 3. The van der Waals surface area contributed by atoms with Gasteiger partial charge in [0.25, 0.3) is 0 Å². The standard InChI is InChI=1S/C31H24N8/c1-2-7-20(8-3-1)15-32-16-21-13-22(18-33-17-21)27-14-24-28(19-35-27)38-39-30(24)31-36-26-11-6-9-23(29(26)37-31)25-10-4-5-12-34-25/h1-14,17-19,32H,15-16H2,(H,36,37)(H,38,39). The van der Waals surface area contributed by atoms with Gasteiger partial charge in [0.05, 0.1) is 34.1 Å². The fourth-order valence-electron chi connectivity index (χ4n) is 4.80. The number of nitrogens with one attached hydrogen (secondary N) is 3. The lowest BCUT2D eigenvalue weighted by molar-refractivity contribution is 0.691. The molecule has 0 unspecified atom stereocenters. The quantitative estimate of drug-likeness (QED) is 0.247. The van der Waals surface area contributed by atoms with Gasteiger partial charge in [0, 0.05) is 48.2 Å². The van der Waals surface area contributed by atoms with E-state index in [2.05, 4.69) is 65.8 Å². The van der Waals surface area contributed by atoms with Crippen LogP contribution in [-0.2, 0) is 13.1 Å². The van der Waals surface area contributed by atoms with Gasteiger partial charge in [-0.25, -0.2) is 4.98 Å². The number of benzene rings is 2. The first-order valence-electron chi connectivity index (χ1n) is 12.8. The van der Waals surface area contributed by atoms with Crippen molar-refractivity contribution in [3.8, 4) is 34.0 Å². The largest absolute Gasteiger partial charge is 0.337 e. The minimum absolute atomic E-state index is 0.689. The summed E-state index contributed by atoms with van der Waals surface area (Å²) < 4.78 is 0. The third kappa shape index (κ3) is 4.54. The molecule has 8 heteroatoms. The van der Waals surface area contributed by atoms with Gasteiger partial charge >= 0.3 is 0 Å². The lowest BCUT2D eigenvalue weighted by Gasteiger charge is -2.07. The first-order chi connectivity index (χ1) is 19.3. The second kappa shape index (κ2) is 9.92. The molecule has 0 bridgehead atoms. The fourth-order valence-corrected chi connectivity index (χ4v) is 4.80. The van der Waals surface area contributed by atoms with Crippen LogP contribution < -0.4 is 5.32 Å². The summed E-state index contributed by atoms with van der Waals surface area (Å²) in [6.07, 6.45) is 7.33. The molecule has 188 valence electrons. The van der Waals surface area contributed by atoms with E-state index in [0.29, 0.717) is 12.4 Å². The van der Waals surface area contributed by atoms with Crippen LogP contribution in [-0.4, -0.2) is 35.1 Å². The summed E-state index contributed by atoms with van der Waals surface area (Å²) in [7, 11) is 0. The highest BCUT2D eigenvalue weighted by Crippen LogP contribution is 2.32. The summed E-state index contributed by atoms with van der Waals surface area (Å²) in [5.41, 5.74) is 9.34. The number of rotatable bonds is 7. The normalized spacial score (nSPS) is 11.4. The summed E-state index contributed by atoms with van der Waals surface area (Å²) in [5.74, 6) is 0.689. The molecule has 0 amide bonds. The zero-order valence-corrected chi connectivity index (χ0v) is 21.0. The molecule has 0 spiro atoms. The maximum Gasteiger partial charge on any atom is 0.159 e. The molecule has 0 atom stereocenters. The van der Waals surface area contributed by atoms with Crippen molar-refractivity contribution in [2.24, 2.45) is 0 Å². The second-order valence-electron chi connectivity index (χ2n) is 9.36. The van der Waals surface area contributed by atoms with Crippen molar-refractivity contribution < 1.29 is 0 Å². The van der Waals surface area contributed by atoms with Crippen LogP contribution in [0.1, 0.15) is 11.1 Å². The minimum atomic E-state index is 0.689. The first kappa shape index (κ1) is 22.9. The Morgan fingerprint density at radius 3 is 2.51 bits per heavy atom. The molecule has 39 heavy (non-hydrogen) atoms. The van der Waals surface area contributed by atoms with E-state index in [-0.39, 0.29) is 0 Å². The van der Waals surface area contributed by atoms with Gasteiger partial charge in [-0.05, 0) is 41.5 Å². The topological polar surface area (TPSA) is 108 Å². The summed E-state index contributed by atoms with van der Waals surface area (Å²) in [5, 5.41) is 12.1. The molecule has 3 N–H and O–H groups in total. The van der Waals surface area contributed by atoms with Crippen LogP contribution in [0, 0.1) is 0 Å². The number of fused-ring (bicyclic) bond motifs is 2. The Kier molecular flexibility index (Phi) is 5.84. The van der Waals surface area contributed by atoms with E-state index in [0.717, 1.165) is 62.3 Å². The summed E-state index contributed by atoms with van der Waals surface area (Å²) >= 11 is 0. The maximum absolute atomic E-state index is 4.94. The summed E-state index contributed by atoms with van der Waals surface area (Å²) in [4.78, 5) is 22.0. The molecule has 0 saturated heterocycles. The van der Waals surface area contributed by atoms with E-state index in [1.54, 1.807) is 6.20 Å². The van der Waals surface area contributed by atoms with Crippen molar-refractivity contribution in [2.75, 3.05) is 0 Å². The Balaban J connectivity index is 1.20.